The van der Waals surface area contributed by atoms with Crippen LogP contribution in [0.5, 0.6) is 0 Å². The molecule has 0 aliphatic heterocycles. The zero-order valence-corrected chi connectivity index (χ0v) is 10.2. The van der Waals surface area contributed by atoms with Gasteiger partial charge in [0, 0.05) is 13.1 Å². The zero-order chi connectivity index (χ0) is 11.5. The highest BCUT2D eigenvalue weighted by atomic mass is 16.5. The van der Waals surface area contributed by atoms with E-state index in [2.05, 4.69) is 5.32 Å². The highest BCUT2D eigenvalue weighted by Gasteiger charge is 2.13. The van der Waals surface area contributed by atoms with Crippen LogP contribution in [0.15, 0.2) is 0 Å². The van der Waals surface area contributed by atoms with E-state index < -0.39 is 0 Å². The normalized spacial score (nSPS) is 17.1. The Labute approximate surface area is 98.9 Å². The van der Waals surface area contributed by atoms with Gasteiger partial charge in [-0.1, -0.05) is 12.8 Å². The van der Waals surface area contributed by atoms with Crippen LogP contribution in [-0.4, -0.2) is 46.1 Å². The molecule has 4 heteroatoms. The molecule has 1 rings (SSSR count). The van der Waals surface area contributed by atoms with Crippen LogP contribution in [0.1, 0.15) is 25.7 Å². The van der Waals surface area contributed by atoms with Gasteiger partial charge in [-0.05, 0) is 25.3 Å². The lowest BCUT2D eigenvalue weighted by Crippen LogP contribution is -2.25. The molecule has 0 aromatic heterocycles. The fourth-order valence-corrected chi connectivity index (χ4v) is 2.07. The van der Waals surface area contributed by atoms with Crippen LogP contribution in [0.3, 0.4) is 0 Å². The molecule has 0 aromatic rings. The second-order valence-corrected chi connectivity index (χ2v) is 4.37. The molecule has 0 aromatic carbocycles. The molecule has 0 bridgehead atoms. The first kappa shape index (κ1) is 13.9. The molecule has 0 radical (unpaired) electrons. The highest BCUT2D eigenvalue weighted by Crippen LogP contribution is 2.23. The average molecular weight is 230 g/mol. The SMILES string of the molecule is NCCOCCOCCNCC1CCCC1. The monoisotopic (exact) mass is 230 g/mol. The van der Waals surface area contributed by atoms with Gasteiger partial charge < -0.3 is 20.5 Å². The molecule has 1 aliphatic carbocycles. The summed E-state index contributed by atoms with van der Waals surface area (Å²) >= 11 is 0. The van der Waals surface area contributed by atoms with Crippen molar-refractivity contribution >= 4 is 0 Å². The summed E-state index contributed by atoms with van der Waals surface area (Å²) < 4.78 is 10.6. The van der Waals surface area contributed by atoms with Gasteiger partial charge >= 0.3 is 0 Å². The molecular weight excluding hydrogens is 204 g/mol. The van der Waals surface area contributed by atoms with Crippen molar-refractivity contribution in [2.24, 2.45) is 11.7 Å². The quantitative estimate of drug-likeness (QED) is 0.544. The fourth-order valence-electron chi connectivity index (χ4n) is 2.07. The van der Waals surface area contributed by atoms with Crippen molar-refractivity contribution in [3.05, 3.63) is 0 Å². The van der Waals surface area contributed by atoms with Crippen LogP contribution >= 0.6 is 0 Å². The third-order valence-electron chi connectivity index (χ3n) is 2.97. The van der Waals surface area contributed by atoms with Crippen molar-refractivity contribution in [1.29, 1.82) is 0 Å². The first-order valence-corrected chi connectivity index (χ1v) is 6.49. The minimum atomic E-state index is 0.586. The maximum atomic E-state index is 5.42. The Bertz CT molecular complexity index is 150. The number of hydrogen-bond acceptors (Lipinski definition) is 4. The van der Waals surface area contributed by atoms with Gasteiger partial charge in [0.05, 0.1) is 26.4 Å². The Balaban J connectivity index is 1.71. The number of ether oxygens (including phenoxy) is 2. The molecule has 1 fully saturated rings. The van der Waals surface area contributed by atoms with Crippen LogP contribution in [0, 0.1) is 5.92 Å². The van der Waals surface area contributed by atoms with E-state index in [1.165, 1.54) is 25.7 Å². The molecule has 0 atom stereocenters. The summed E-state index contributed by atoms with van der Waals surface area (Å²) in [7, 11) is 0. The Kier molecular flexibility index (Phi) is 8.71. The van der Waals surface area contributed by atoms with Crippen LogP contribution in [0.25, 0.3) is 0 Å². The Morgan fingerprint density at radius 1 is 1.00 bits per heavy atom. The van der Waals surface area contributed by atoms with Gasteiger partial charge in [-0.3, -0.25) is 0 Å². The van der Waals surface area contributed by atoms with Gasteiger partial charge in [0.1, 0.15) is 0 Å². The summed E-state index contributed by atoms with van der Waals surface area (Å²) in [6, 6.07) is 0. The van der Waals surface area contributed by atoms with Crippen LogP contribution < -0.4 is 11.1 Å². The van der Waals surface area contributed by atoms with E-state index in [9.17, 15) is 0 Å². The molecule has 4 nitrogen and oxygen atoms in total. The van der Waals surface area contributed by atoms with Gasteiger partial charge in [0.15, 0.2) is 0 Å². The van der Waals surface area contributed by atoms with Crippen molar-refractivity contribution in [3.63, 3.8) is 0 Å². The van der Waals surface area contributed by atoms with E-state index >= 15 is 0 Å². The number of rotatable bonds is 10. The van der Waals surface area contributed by atoms with E-state index in [0.717, 1.165) is 25.6 Å². The van der Waals surface area contributed by atoms with Crippen LogP contribution in [0.4, 0.5) is 0 Å². The van der Waals surface area contributed by atoms with Crippen LogP contribution in [-0.2, 0) is 9.47 Å². The van der Waals surface area contributed by atoms with E-state index in [-0.39, 0.29) is 0 Å². The lowest BCUT2D eigenvalue weighted by Gasteiger charge is -2.10. The van der Waals surface area contributed by atoms with Gasteiger partial charge in [-0.15, -0.1) is 0 Å². The van der Waals surface area contributed by atoms with Gasteiger partial charge in [-0.25, -0.2) is 0 Å². The maximum Gasteiger partial charge on any atom is 0.0701 e. The third kappa shape index (κ3) is 7.17. The second kappa shape index (κ2) is 10.0. The summed E-state index contributed by atoms with van der Waals surface area (Å²) in [6.45, 7) is 5.43. The van der Waals surface area contributed by atoms with Crippen molar-refractivity contribution in [2.45, 2.75) is 25.7 Å². The molecule has 1 saturated carbocycles. The summed E-state index contributed by atoms with van der Waals surface area (Å²) in [5, 5.41) is 3.44. The van der Waals surface area contributed by atoms with Gasteiger partial charge in [0.2, 0.25) is 0 Å². The molecular formula is C12H26N2O2. The summed E-state index contributed by atoms with van der Waals surface area (Å²) in [5.74, 6) is 0.910. The summed E-state index contributed by atoms with van der Waals surface area (Å²) in [4.78, 5) is 0. The smallest absolute Gasteiger partial charge is 0.0701 e. The fraction of sp³-hybridized carbons (Fsp3) is 1.00. The molecule has 96 valence electrons. The molecule has 1 aliphatic rings. The van der Waals surface area contributed by atoms with E-state index in [0.29, 0.717) is 26.4 Å². The molecule has 3 N–H and O–H groups in total. The summed E-state index contributed by atoms with van der Waals surface area (Å²) in [5.41, 5.74) is 5.29. The van der Waals surface area contributed by atoms with Crippen molar-refractivity contribution in [1.82, 2.24) is 5.32 Å². The second-order valence-electron chi connectivity index (χ2n) is 4.37. The zero-order valence-electron chi connectivity index (χ0n) is 10.2. The van der Waals surface area contributed by atoms with E-state index in [1.54, 1.807) is 0 Å². The molecule has 0 amide bonds. The van der Waals surface area contributed by atoms with E-state index in [1.807, 2.05) is 0 Å². The highest BCUT2D eigenvalue weighted by molar-refractivity contribution is 4.69. The largest absolute Gasteiger partial charge is 0.378 e. The Hall–Kier alpha value is -0.160. The topological polar surface area (TPSA) is 56.5 Å². The lowest BCUT2D eigenvalue weighted by atomic mass is 10.1. The average Bonchev–Trinajstić information content (AvgIpc) is 2.80. The van der Waals surface area contributed by atoms with Crippen molar-refractivity contribution in [2.75, 3.05) is 46.1 Å². The standard InChI is InChI=1S/C12H26N2O2/c13-5-7-15-9-10-16-8-6-14-11-12-3-1-2-4-12/h12,14H,1-11,13H2. The first-order chi connectivity index (χ1) is 7.93. The molecule has 0 saturated heterocycles. The predicted octanol–water partition coefficient (Wildman–Crippen LogP) is 0.758. The van der Waals surface area contributed by atoms with Gasteiger partial charge in [-0.2, -0.15) is 0 Å². The van der Waals surface area contributed by atoms with E-state index in [4.69, 9.17) is 15.2 Å². The predicted molar refractivity (Wildman–Crippen MR) is 65.5 cm³/mol. The third-order valence-corrected chi connectivity index (χ3v) is 2.97. The maximum absolute atomic E-state index is 5.42. The first-order valence-electron chi connectivity index (χ1n) is 6.49. The van der Waals surface area contributed by atoms with Crippen molar-refractivity contribution < 1.29 is 9.47 Å². The number of nitrogens with two attached hydrogens (primary N) is 1. The molecule has 16 heavy (non-hydrogen) atoms. The van der Waals surface area contributed by atoms with Crippen molar-refractivity contribution in [3.8, 4) is 0 Å². The Morgan fingerprint density at radius 3 is 2.38 bits per heavy atom. The molecule has 0 unspecified atom stereocenters. The lowest BCUT2D eigenvalue weighted by molar-refractivity contribution is 0.0517. The molecule has 0 spiro atoms. The van der Waals surface area contributed by atoms with Crippen LogP contribution in [0.2, 0.25) is 0 Å². The Morgan fingerprint density at radius 2 is 1.69 bits per heavy atom. The van der Waals surface area contributed by atoms with Gasteiger partial charge in [0.25, 0.3) is 0 Å². The number of hydrogen-bond donors (Lipinski definition) is 2. The molecule has 0 heterocycles. The summed E-state index contributed by atoms with van der Waals surface area (Å²) in [6.07, 6.45) is 5.64. The number of nitrogens with one attached hydrogen (secondary N) is 1. The minimum Gasteiger partial charge on any atom is -0.378 e. The minimum absolute atomic E-state index is 0.586.